The molecule has 1 fully saturated rings. The summed E-state index contributed by atoms with van der Waals surface area (Å²) < 4.78 is 17.7. The van der Waals surface area contributed by atoms with Crippen molar-refractivity contribution in [1.82, 2.24) is 10.6 Å². The summed E-state index contributed by atoms with van der Waals surface area (Å²) >= 11 is 6.93. The highest BCUT2D eigenvalue weighted by Gasteiger charge is 2.48. The largest absolute Gasteiger partial charge is 0.460 e. The van der Waals surface area contributed by atoms with Gasteiger partial charge >= 0.3 is 23.9 Å². The van der Waals surface area contributed by atoms with Crippen molar-refractivity contribution in [3.63, 3.8) is 0 Å². The summed E-state index contributed by atoms with van der Waals surface area (Å²) in [6.07, 6.45) is 6.96. The average Bonchev–Trinajstić information content (AvgIpc) is 3.05. The molecule has 0 radical (unpaired) electrons. The number of rotatable bonds is 15. The van der Waals surface area contributed by atoms with Gasteiger partial charge in [0.25, 0.3) is 0 Å². The number of nitrogens with zero attached hydrogens (tertiary/aromatic N) is 3. The lowest BCUT2D eigenvalue weighted by atomic mass is 9.70. The molecule has 2 aromatic rings. The minimum atomic E-state index is -1.30. The molecule has 0 spiro atoms. The van der Waals surface area contributed by atoms with Crippen LogP contribution in [0.15, 0.2) is 59.7 Å². The van der Waals surface area contributed by atoms with Crippen molar-refractivity contribution in [2.24, 2.45) is 11.0 Å². The van der Waals surface area contributed by atoms with Gasteiger partial charge in [-0.25, -0.2) is 14.4 Å². The van der Waals surface area contributed by atoms with Crippen LogP contribution in [0, 0.1) is 5.92 Å². The number of urea groups is 1. The molecule has 12 nitrogen and oxygen atoms in total. The SMILES string of the molecule is CC(C)(C)OC(=O)CCCC(NC(=O)N[C@@H](CCN=[N+]=[N-])C(=O)OC(c1ccccc1)(c1ccccc1Cl)C1CCCCCCC1)C(=O)OC(C)(C)C. The summed E-state index contributed by atoms with van der Waals surface area (Å²) in [5, 5.41) is 9.37. The molecule has 2 amide bonds. The molecule has 2 aromatic carbocycles. The molecule has 0 aliphatic heterocycles. The van der Waals surface area contributed by atoms with Gasteiger partial charge in [-0.2, -0.15) is 0 Å². The molecule has 0 saturated heterocycles. The van der Waals surface area contributed by atoms with Gasteiger partial charge in [-0.1, -0.05) is 97.4 Å². The molecule has 0 heterocycles. The smallest absolute Gasteiger partial charge is 0.329 e. The van der Waals surface area contributed by atoms with E-state index >= 15 is 0 Å². The lowest BCUT2D eigenvalue weighted by Gasteiger charge is -2.43. The summed E-state index contributed by atoms with van der Waals surface area (Å²) in [5.74, 6) is -2.02. The predicted octanol–water partition coefficient (Wildman–Crippen LogP) is 9.08. The van der Waals surface area contributed by atoms with Crippen LogP contribution in [-0.2, 0) is 34.2 Å². The fourth-order valence-electron chi connectivity index (χ4n) is 6.65. The van der Waals surface area contributed by atoms with Crippen molar-refractivity contribution in [3.05, 3.63) is 81.2 Å². The third kappa shape index (κ3) is 13.9. The summed E-state index contributed by atoms with van der Waals surface area (Å²) in [5.41, 5.74) is 7.60. The Hall–Kier alpha value is -4.28. The zero-order chi connectivity index (χ0) is 39.1. The van der Waals surface area contributed by atoms with E-state index in [1.165, 1.54) is 0 Å². The van der Waals surface area contributed by atoms with Crippen LogP contribution in [0.1, 0.15) is 123 Å². The van der Waals surface area contributed by atoms with E-state index in [1.54, 1.807) is 47.6 Å². The lowest BCUT2D eigenvalue weighted by Crippen LogP contribution is -2.54. The first-order chi connectivity index (χ1) is 25.1. The maximum Gasteiger partial charge on any atom is 0.329 e. The number of esters is 3. The van der Waals surface area contributed by atoms with Crippen molar-refractivity contribution < 1.29 is 33.4 Å². The molecule has 1 aliphatic rings. The maximum absolute atomic E-state index is 14.5. The van der Waals surface area contributed by atoms with Crippen LogP contribution >= 0.6 is 11.6 Å². The number of azide groups is 1. The fraction of sp³-hybridized carbons (Fsp3) is 0.600. The Balaban J connectivity index is 1.97. The molecule has 0 bridgehead atoms. The highest BCUT2D eigenvalue weighted by molar-refractivity contribution is 6.31. The molecule has 1 aliphatic carbocycles. The van der Waals surface area contributed by atoms with Crippen LogP contribution in [0.3, 0.4) is 0 Å². The highest BCUT2D eigenvalue weighted by atomic mass is 35.5. The van der Waals surface area contributed by atoms with Gasteiger partial charge in [-0.05, 0) is 85.2 Å². The lowest BCUT2D eigenvalue weighted by molar-refractivity contribution is -0.166. The van der Waals surface area contributed by atoms with Crippen molar-refractivity contribution in [2.45, 2.75) is 141 Å². The second kappa shape index (κ2) is 20.3. The second-order valence-electron chi connectivity index (χ2n) is 15.5. The molecular weight excluding hydrogens is 698 g/mol. The number of amides is 2. The van der Waals surface area contributed by atoms with Gasteiger partial charge in [-0.3, -0.25) is 4.79 Å². The first-order valence-corrected chi connectivity index (χ1v) is 19.0. The van der Waals surface area contributed by atoms with Crippen molar-refractivity contribution >= 4 is 35.5 Å². The Morgan fingerprint density at radius 3 is 1.92 bits per heavy atom. The van der Waals surface area contributed by atoms with E-state index in [1.807, 2.05) is 48.5 Å². The molecule has 2 N–H and O–H groups in total. The van der Waals surface area contributed by atoms with Gasteiger partial charge in [0.05, 0.1) is 0 Å². The van der Waals surface area contributed by atoms with Crippen LogP contribution in [0.25, 0.3) is 10.4 Å². The number of carbonyl (C=O) groups is 4. The normalized spacial score (nSPS) is 16.3. The maximum atomic E-state index is 14.5. The number of carbonyl (C=O) groups excluding carboxylic acids is 4. The predicted molar refractivity (Wildman–Crippen MR) is 204 cm³/mol. The van der Waals surface area contributed by atoms with Crippen LogP contribution < -0.4 is 10.6 Å². The first-order valence-electron chi connectivity index (χ1n) is 18.6. The van der Waals surface area contributed by atoms with Gasteiger partial charge in [0.2, 0.25) is 0 Å². The standard InChI is InChI=1S/C40H56ClN5O7/c1-38(2,3)51-34(47)25-17-24-32(35(48)52-39(4,5)6)44-37(50)45-33(26-27-43-46-42)36(49)53-40(29-20-13-10-14-21-29,30-22-15-16-23-31(30)41)28-18-11-8-7-9-12-19-28/h10,13-16,20-23,28,32-33H,7-9,11-12,17-19,24-27H2,1-6H3,(H2,44,45,50)/t32?,33-,40?/m0/s1. The zero-order valence-electron chi connectivity index (χ0n) is 32.0. The van der Waals surface area contributed by atoms with E-state index in [9.17, 15) is 19.2 Å². The van der Waals surface area contributed by atoms with Gasteiger partial charge in [0.15, 0.2) is 5.60 Å². The van der Waals surface area contributed by atoms with Crippen molar-refractivity contribution in [2.75, 3.05) is 6.54 Å². The Labute approximate surface area is 318 Å². The van der Waals surface area contributed by atoms with Gasteiger partial charge in [0.1, 0.15) is 23.3 Å². The zero-order valence-corrected chi connectivity index (χ0v) is 32.7. The van der Waals surface area contributed by atoms with E-state index in [0.717, 1.165) is 50.5 Å². The van der Waals surface area contributed by atoms with Crippen molar-refractivity contribution in [1.29, 1.82) is 0 Å². The Bertz CT molecular complexity index is 1560. The molecule has 3 atom stereocenters. The molecule has 3 rings (SSSR count). The second-order valence-corrected chi connectivity index (χ2v) is 15.9. The fourth-order valence-corrected chi connectivity index (χ4v) is 6.93. The molecule has 13 heteroatoms. The first kappa shape index (κ1) is 43.1. The quantitative estimate of drug-likeness (QED) is 0.0601. The van der Waals surface area contributed by atoms with Crippen molar-refractivity contribution in [3.8, 4) is 0 Å². The van der Waals surface area contributed by atoms with Gasteiger partial charge in [-0.15, -0.1) is 0 Å². The summed E-state index contributed by atoms with van der Waals surface area (Å²) in [7, 11) is 0. The van der Waals surface area contributed by atoms with Crippen LogP contribution in [0.2, 0.25) is 5.02 Å². The summed E-state index contributed by atoms with van der Waals surface area (Å²) in [6, 6.07) is 13.6. The van der Waals surface area contributed by atoms with Crippen LogP contribution in [-0.4, -0.2) is 53.8 Å². The molecule has 2 unspecified atom stereocenters. The number of nitrogens with one attached hydrogen (secondary N) is 2. The number of hydrogen-bond acceptors (Lipinski definition) is 8. The average molecular weight is 754 g/mol. The van der Waals surface area contributed by atoms with Crippen LogP contribution in [0.4, 0.5) is 4.79 Å². The minimum Gasteiger partial charge on any atom is -0.460 e. The Kier molecular flexibility index (Phi) is 16.5. The molecule has 290 valence electrons. The van der Waals surface area contributed by atoms with E-state index in [2.05, 4.69) is 20.7 Å². The molecule has 53 heavy (non-hydrogen) atoms. The molecular formula is C40H56ClN5O7. The van der Waals surface area contributed by atoms with E-state index in [0.29, 0.717) is 10.6 Å². The van der Waals surface area contributed by atoms with Gasteiger partial charge < -0.3 is 24.8 Å². The topological polar surface area (TPSA) is 169 Å². The van der Waals surface area contributed by atoms with E-state index in [4.69, 9.17) is 31.3 Å². The number of benzene rings is 2. The summed E-state index contributed by atoms with van der Waals surface area (Å²) in [6.45, 7) is 10.3. The number of ether oxygens (including phenoxy) is 3. The van der Waals surface area contributed by atoms with Crippen LogP contribution in [0.5, 0.6) is 0 Å². The monoisotopic (exact) mass is 753 g/mol. The highest BCUT2D eigenvalue weighted by Crippen LogP contribution is 2.48. The Morgan fingerprint density at radius 2 is 1.34 bits per heavy atom. The van der Waals surface area contributed by atoms with E-state index in [-0.39, 0.29) is 38.1 Å². The number of halogens is 1. The minimum absolute atomic E-state index is 0.0196. The summed E-state index contributed by atoms with van der Waals surface area (Å²) in [4.78, 5) is 56.6. The van der Waals surface area contributed by atoms with Gasteiger partial charge in [0, 0.05) is 39.9 Å². The molecule has 0 aromatic heterocycles. The number of hydrogen-bond donors (Lipinski definition) is 2. The third-order valence-corrected chi connectivity index (χ3v) is 9.21. The van der Waals surface area contributed by atoms with E-state index < -0.39 is 52.8 Å². The third-order valence-electron chi connectivity index (χ3n) is 8.88. The molecule has 1 saturated carbocycles. The Morgan fingerprint density at radius 1 is 0.792 bits per heavy atom.